The minimum absolute atomic E-state index is 0.181. The zero-order valence-electron chi connectivity index (χ0n) is 9.43. The SMILES string of the molecule is CCOP(=O)(CCOC(C)C#N)OCC. The molecule has 0 aromatic rings. The lowest BCUT2D eigenvalue weighted by Crippen LogP contribution is -2.11. The molecular weight excluding hydrogens is 217 g/mol. The number of hydrogen-bond donors (Lipinski definition) is 0. The summed E-state index contributed by atoms with van der Waals surface area (Å²) in [6.07, 6.45) is -0.317. The van der Waals surface area contributed by atoms with Crippen molar-refractivity contribution in [3.05, 3.63) is 0 Å². The lowest BCUT2D eigenvalue weighted by Gasteiger charge is -2.17. The van der Waals surface area contributed by atoms with Gasteiger partial charge in [0.05, 0.1) is 32.1 Å². The fraction of sp³-hybridized carbons (Fsp3) is 0.889. The summed E-state index contributed by atoms with van der Waals surface area (Å²) < 4.78 is 27.1. The van der Waals surface area contributed by atoms with Crippen LogP contribution in [0.25, 0.3) is 0 Å². The van der Waals surface area contributed by atoms with Gasteiger partial charge in [-0.15, -0.1) is 0 Å². The first-order chi connectivity index (χ1) is 7.08. The van der Waals surface area contributed by atoms with Crippen molar-refractivity contribution in [3.8, 4) is 6.07 Å². The quantitative estimate of drug-likeness (QED) is 0.603. The average Bonchev–Trinajstić information content (AvgIpc) is 2.18. The molecule has 0 aliphatic carbocycles. The Bertz CT molecular complexity index is 241. The second-order valence-electron chi connectivity index (χ2n) is 2.81. The Kier molecular flexibility index (Phi) is 7.63. The molecule has 0 radical (unpaired) electrons. The second-order valence-corrected chi connectivity index (χ2v) is 5.00. The monoisotopic (exact) mass is 235 g/mol. The third-order valence-corrected chi connectivity index (χ3v) is 3.60. The van der Waals surface area contributed by atoms with Gasteiger partial charge in [0.15, 0.2) is 0 Å². The minimum atomic E-state index is -3.02. The number of ether oxygens (including phenoxy) is 1. The van der Waals surface area contributed by atoms with Crippen molar-refractivity contribution >= 4 is 7.60 Å². The smallest absolute Gasteiger partial charge is 0.332 e. The second kappa shape index (κ2) is 7.84. The number of hydrogen-bond acceptors (Lipinski definition) is 5. The molecule has 15 heavy (non-hydrogen) atoms. The summed E-state index contributed by atoms with van der Waals surface area (Å²) in [6, 6.07) is 1.92. The van der Waals surface area contributed by atoms with Crippen LogP contribution in [0.2, 0.25) is 0 Å². The molecule has 0 aliphatic heterocycles. The van der Waals surface area contributed by atoms with Gasteiger partial charge in [0.2, 0.25) is 0 Å². The van der Waals surface area contributed by atoms with Crippen LogP contribution in [0.5, 0.6) is 0 Å². The Morgan fingerprint density at radius 2 is 1.87 bits per heavy atom. The zero-order valence-corrected chi connectivity index (χ0v) is 10.3. The van der Waals surface area contributed by atoms with E-state index in [1.54, 1.807) is 20.8 Å². The van der Waals surface area contributed by atoms with Gasteiger partial charge >= 0.3 is 7.60 Å². The van der Waals surface area contributed by atoms with Gasteiger partial charge in [-0.3, -0.25) is 4.57 Å². The molecule has 1 unspecified atom stereocenters. The van der Waals surface area contributed by atoms with E-state index in [2.05, 4.69) is 0 Å². The highest BCUT2D eigenvalue weighted by molar-refractivity contribution is 7.53. The van der Waals surface area contributed by atoms with Crippen molar-refractivity contribution in [2.45, 2.75) is 26.9 Å². The van der Waals surface area contributed by atoms with E-state index in [0.717, 1.165) is 0 Å². The van der Waals surface area contributed by atoms with Crippen molar-refractivity contribution in [2.24, 2.45) is 0 Å². The molecule has 0 aromatic heterocycles. The molecule has 0 fully saturated rings. The van der Waals surface area contributed by atoms with E-state index in [0.29, 0.717) is 13.2 Å². The van der Waals surface area contributed by atoms with Gasteiger partial charge in [-0.05, 0) is 20.8 Å². The lowest BCUT2D eigenvalue weighted by atomic mass is 10.5. The zero-order chi connectivity index (χ0) is 11.7. The van der Waals surface area contributed by atoms with Crippen LogP contribution in [-0.4, -0.2) is 32.1 Å². The summed E-state index contributed by atoms with van der Waals surface area (Å²) in [5.74, 6) is 0. The van der Waals surface area contributed by atoms with Gasteiger partial charge in [0, 0.05) is 0 Å². The maximum atomic E-state index is 11.9. The van der Waals surface area contributed by atoms with E-state index in [1.807, 2.05) is 6.07 Å². The summed E-state index contributed by atoms with van der Waals surface area (Å²) in [7, 11) is -3.02. The Labute approximate surface area is 90.9 Å². The van der Waals surface area contributed by atoms with E-state index < -0.39 is 13.7 Å². The molecule has 5 nitrogen and oxygen atoms in total. The number of rotatable bonds is 8. The molecule has 88 valence electrons. The Morgan fingerprint density at radius 3 is 2.27 bits per heavy atom. The van der Waals surface area contributed by atoms with E-state index >= 15 is 0 Å². The predicted octanol–water partition coefficient (Wildman–Crippen LogP) is 2.18. The first-order valence-corrected chi connectivity index (χ1v) is 6.70. The molecule has 0 aliphatic rings. The topological polar surface area (TPSA) is 68.5 Å². The van der Waals surface area contributed by atoms with Crippen molar-refractivity contribution in [2.75, 3.05) is 26.0 Å². The molecule has 0 heterocycles. The molecule has 0 bridgehead atoms. The predicted molar refractivity (Wildman–Crippen MR) is 56.8 cm³/mol. The summed E-state index contributed by atoms with van der Waals surface area (Å²) in [4.78, 5) is 0. The first kappa shape index (κ1) is 14.6. The summed E-state index contributed by atoms with van der Waals surface area (Å²) in [5.41, 5.74) is 0. The van der Waals surface area contributed by atoms with E-state index in [1.165, 1.54) is 0 Å². The molecule has 0 saturated carbocycles. The van der Waals surface area contributed by atoms with Crippen molar-refractivity contribution in [3.63, 3.8) is 0 Å². The third-order valence-electron chi connectivity index (χ3n) is 1.57. The molecule has 0 spiro atoms. The van der Waals surface area contributed by atoms with Gasteiger partial charge < -0.3 is 13.8 Å². The Morgan fingerprint density at radius 1 is 1.33 bits per heavy atom. The van der Waals surface area contributed by atoms with Crippen LogP contribution >= 0.6 is 7.60 Å². The fourth-order valence-corrected chi connectivity index (χ4v) is 2.39. The van der Waals surface area contributed by atoms with Crippen molar-refractivity contribution in [1.29, 1.82) is 5.26 Å². The van der Waals surface area contributed by atoms with Crippen molar-refractivity contribution < 1.29 is 18.3 Å². The van der Waals surface area contributed by atoms with Gasteiger partial charge in [0.1, 0.15) is 6.10 Å². The minimum Gasteiger partial charge on any atom is -0.363 e. The normalized spacial score (nSPS) is 13.5. The van der Waals surface area contributed by atoms with Gasteiger partial charge in [-0.1, -0.05) is 0 Å². The molecule has 0 N–H and O–H groups in total. The standard InChI is InChI=1S/C9H18NO4P/c1-4-13-15(11,14-5-2)7-6-12-9(3)8-10/h9H,4-7H2,1-3H3. The van der Waals surface area contributed by atoms with Crippen LogP contribution in [0.3, 0.4) is 0 Å². The summed E-state index contributed by atoms with van der Waals surface area (Å²) in [6.45, 7) is 6.02. The highest BCUT2D eigenvalue weighted by atomic mass is 31.2. The molecule has 0 saturated heterocycles. The Hall–Kier alpha value is -0.400. The largest absolute Gasteiger partial charge is 0.363 e. The molecule has 1 atom stereocenters. The fourth-order valence-electron chi connectivity index (χ4n) is 0.938. The average molecular weight is 235 g/mol. The van der Waals surface area contributed by atoms with Gasteiger partial charge in [0.25, 0.3) is 0 Å². The van der Waals surface area contributed by atoms with E-state index in [-0.39, 0.29) is 12.8 Å². The highest BCUT2D eigenvalue weighted by Crippen LogP contribution is 2.47. The molecular formula is C9H18NO4P. The summed E-state index contributed by atoms with van der Waals surface area (Å²) in [5, 5.41) is 8.46. The molecule has 6 heteroatoms. The number of nitriles is 1. The maximum Gasteiger partial charge on any atom is 0.332 e. The van der Waals surface area contributed by atoms with Gasteiger partial charge in [-0.25, -0.2) is 0 Å². The third kappa shape index (κ3) is 6.64. The molecule has 0 amide bonds. The van der Waals surface area contributed by atoms with Crippen LogP contribution in [0.4, 0.5) is 0 Å². The Balaban J connectivity index is 3.97. The molecule has 0 aromatic carbocycles. The highest BCUT2D eigenvalue weighted by Gasteiger charge is 2.23. The van der Waals surface area contributed by atoms with Crippen LogP contribution < -0.4 is 0 Å². The van der Waals surface area contributed by atoms with Gasteiger partial charge in [-0.2, -0.15) is 5.26 Å². The first-order valence-electron chi connectivity index (χ1n) is 4.97. The van der Waals surface area contributed by atoms with E-state index in [4.69, 9.17) is 19.0 Å². The molecule has 0 rings (SSSR count). The van der Waals surface area contributed by atoms with Crippen LogP contribution in [0, 0.1) is 11.3 Å². The lowest BCUT2D eigenvalue weighted by molar-refractivity contribution is 0.109. The van der Waals surface area contributed by atoms with Crippen LogP contribution in [0.15, 0.2) is 0 Å². The van der Waals surface area contributed by atoms with Crippen LogP contribution in [-0.2, 0) is 18.3 Å². The van der Waals surface area contributed by atoms with Crippen LogP contribution in [0.1, 0.15) is 20.8 Å². The maximum absolute atomic E-state index is 11.9. The summed E-state index contributed by atoms with van der Waals surface area (Å²) >= 11 is 0. The van der Waals surface area contributed by atoms with E-state index in [9.17, 15) is 4.57 Å². The van der Waals surface area contributed by atoms with Crippen molar-refractivity contribution in [1.82, 2.24) is 0 Å². The number of nitrogens with zero attached hydrogens (tertiary/aromatic N) is 1.